The maximum Gasteiger partial charge on any atom is 0.276 e. The van der Waals surface area contributed by atoms with Gasteiger partial charge in [-0.3, -0.25) is 14.6 Å². The van der Waals surface area contributed by atoms with E-state index < -0.39 is 27.9 Å². The summed E-state index contributed by atoms with van der Waals surface area (Å²) < 4.78 is 26.9. The largest absolute Gasteiger partial charge is 0.276 e. The van der Waals surface area contributed by atoms with Gasteiger partial charge in [-0.05, 0) is 49.2 Å². The molecule has 1 aromatic heterocycles. The molecule has 1 saturated heterocycles. The Bertz CT molecular complexity index is 951. The average Bonchev–Trinajstić information content (AvgIpc) is 3.18. The molecule has 0 aliphatic carbocycles. The number of hydrogen-bond donors (Lipinski definition) is 1. The van der Waals surface area contributed by atoms with Crippen LogP contribution in [0.25, 0.3) is 0 Å². The van der Waals surface area contributed by atoms with Crippen LogP contribution in [0.3, 0.4) is 0 Å². The first-order valence-corrected chi connectivity index (χ1v) is 9.94. The molecule has 8 nitrogen and oxygen atoms in total. The number of aromatic nitrogens is 1. The average molecular weight is 409 g/mol. The van der Waals surface area contributed by atoms with E-state index in [1.54, 1.807) is 6.07 Å². The Morgan fingerprint density at radius 2 is 1.93 bits per heavy atom. The number of imide groups is 1. The van der Waals surface area contributed by atoms with Gasteiger partial charge in [-0.25, -0.2) is 19.3 Å². The smallest absolute Gasteiger partial charge is 0.271 e. The van der Waals surface area contributed by atoms with Crippen LogP contribution in [-0.2, 0) is 14.8 Å². The van der Waals surface area contributed by atoms with Crippen LogP contribution in [-0.4, -0.2) is 47.1 Å². The molecule has 0 saturated carbocycles. The lowest BCUT2D eigenvalue weighted by Crippen LogP contribution is -2.52. The molecule has 2 heterocycles. The maximum atomic E-state index is 12.9. The van der Waals surface area contributed by atoms with Gasteiger partial charge in [0.1, 0.15) is 6.04 Å². The second-order valence-electron chi connectivity index (χ2n) is 5.98. The minimum atomic E-state index is -3.93. The van der Waals surface area contributed by atoms with E-state index in [0.717, 1.165) is 4.31 Å². The first kappa shape index (κ1) is 19.4. The van der Waals surface area contributed by atoms with Crippen molar-refractivity contribution in [3.63, 3.8) is 0 Å². The molecule has 0 bridgehead atoms. The van der Waals surface area contributed by atoms with E-state index in [0.29, 0.717) is 16.5 Å². The Morgan fingerprint density at radius 1 is 1.22 bits per heavy atom. The van der Waals surface area contributed by atoms with Crippen LogP contribution in [0.4, 0.5) is 0 Å². The number of nitrogens with two attached hydrogens (primary N) is 1. The van der Waals surface area contributed by atoms with Gasteiger partial charge in [-0.2, -0.15) is 4.31 Å². The Labute approximate surface area is 161 Å². The fraction of sp³-hybridized carbons (Fsp3) is 0.235. The highest BCUT2D eigenvalue weighted by Crippen LogP contribution is 2.27. The van der Waals surface area contributed by atoms with Crippen LogP contribution in [0.2, 0.25) is 5.02 Å². The number of benzene rings is 1. The first-order valence-electron chi connectivity index (χ1n) is 8.13. The summed E-state index contributed by atoms with van der Waals surface area (Å²) in [6, 6.07) is 7.64. The van der Waals surface area contributed by atoms with Gasteiger partial charge in [0.15, 0.2) is 0 Å². The molecule has 1 aliphatic rings. The van der Waals surface area contributed by atoms with Crippen LogP contribution in [0, 0.1) is 0 Å². The molecule has 3 rings (SSSR count). The number of hydrogen-bond acceptors (Lipinski definition) is 6. The molecule has 1 fully saturated rings. The maximum absolute atomic E-state index is 12.9. The van der Waals surface area contributed by atoms with Gasteiger partial charge in [0.2, 0.25) is 10.0 Å². The quantitative estimate of drug-likeness (QED) is 0.354. The summed E-state index contributed by atoms with van der Waals surface area (Å²) in [6.45, 7) is 0.163. The number of carbonyl (C=O) groups is 2. The number of rotatable bonds is 4. The van der Waals surface area contributed by atoms with Gasteiger partial charge in [0.25, 0.3) is 11.8 Å². The standard InChI is InChI=1S/C17H17ClN4O4S/c18-13-5-7-14(8-6-13)27(25,26)21-10-2-4-15(21)17(24)22(19)16(23)12-3-1-9-20-11-12/h1,3,5-9,11,15H,2,4,10,19H2. The second-order valence-corrected chi connectivity index (χ2v) is 8.31. The van der Waals surface area contributed by atoms with Gasteiger partial charge >= 0.3 is 0 Å². The zero-order valence-corrected chi connectivity index (χ0v) is 15.7. The molecule has 2 amide bonds. The monoisotopic (exact) mass is 408 g/mol. The first-order chi connectivity index (χ1) is 12.8. The number of nitrogens with zero attached hydrogens (tertiary/aromatic N) is 3. The predicted octanol–water partition coefficient (Wildman–Crippen LogP) is 1.43. The van der Waals surface area contributed by atoms with E-state index in [4.69, 9.17) is 17.4 Å². The van der Waals surface area contributed by atoms with Crippen molar-refractivity contribution in [2.75, 3.05) is 6.54 Å². The summed E-state index contributed by atoms with van der Waals surface area (Å²) in [4.78, 5) is 28.9. The molecule has 27 heavy (non-hydrogen) atoms. The van der Waals surface area contributed by atoms with Crippen molar-refractivity contribution in [3.05, 3.63) is 59.4 Å². The number of amides is 2. The minimum absolute atomic E-state index is 0.0220. The Morgan fingerprint density at radius 3 is 2.56 bits per heavy atom. The molecule has 0 spiro atoms. The Balaban J connectivity index is 1.84. The topological polar surface area (TPSA) is 114 Å². The van der Waals surface area contributed by atoms with Gasteiger partial charge in [0.05, 0.1) is 10.5 Å². The van der Waals surface area contributed by atoms with Crippen molar-refractivity contribution in [2.45, 2.75) is 23.8 Å². The summed E-state index contributed by atoms with van der Waals surface area (Å²) in [5.74, 6) is 4.18. The fourth-order valence-electron chi connectivity index (χ4n) is 2.91. The van der Waals surface area contributed by atoms with Gasteiger partial charge in [0, 0.05) is 24.0 Å². The molecular formula is C17H17ClN4O4S. The third-order valence-corrected chi connectivity index (χ3v) is 6.45. The van der Waals surface area contributed by atoms with Crippen molar-refractivity contribution >= 4 is 33.4 Å². The molecule has 0 radical (unpaired) electrons. The highest BCUT2D eigenvalue weighted by molar-refractivity contribution is 7.89. The van der Waals surface area contributed by atoms with E-state index in [2.05, 4.69) is 4.98 Å². The van der Waals surface area contributed by atoms with Crippen molar-refractivity contribution < 1.29 is 18.0 Å². The van der Waals surface area contributed by atoms with Gasteiger partial charge in [-0.15, -0.1) is 0 Å². The lowest BCUT2D eigenvalue weighted by molar-refractivity contribution is -0.132. The second kappa shape index (κ2) is 7.73. The van der Waals surface area contributed by atoms with Crippen LogP contribution in [0.5, 0.6) is 0 Å². The minimum Gasteiger partial charge on any atom is -0.271 e. The summed E-state index contributed by atoms with van der Waals surface area (Å²) in [7, 11) is -3.93. The molecule has 2 aromatic rings. The predicted molar refractivity (Wildman–Crippen MR) is 98.0 cm³/mol. The number of halogens is 1. The number of pyridine rings is 1. The lowest BCUT2D eigenvalue weighted by atomic mass is 10.2. The van der Waals surface area contributed by atoms with E-state index >= 15 is 0 Å². The summed E-state index contributed by atoms with van der Waals surface area (Å²) in [6.07, 6.45) is 3.53. The van der Waals surface area contributed by atoms with Crippen molar-refractivity contribution in [3.8, 4) is 0 Å². The van der Waals surface area contributed by atoms with Crippen LogP contribution in [0.15, 0.2) is 53.7 Å². The zero-order valence-electron chi connectivity index (χ0n) is 14.2. The molecule has 142 valence electrons. The van der Waals surface area contributed by atoms with E-state index in [9.17, 15) is 18.0 Å². The summed E-state index contributed by atoms with van der Waals surface area (Å²) >= 11 is 5.81. The number of carbonyl (C=O) groups excluding carboxylic acids is 2. The molecule has 1 aliphatic heterocycles. The number of sulfonamides is 1. The van der Waals surface area contributed by atoms with E-state index in [1.165, 1.54) is 42.7 Å². The molecule has 1 atom stereocenters. The van der Waals surface area contributed by atoms with E-state index in [-0.39, 0.29) is 23.4 Å². The highest BCUT2D eigenvalue weighted by atomic mass is 35.5. The molecular weight excluding hydrogens is 392 g/mol. The third kappa shape index (κ3) is 3.86. The Kier molecular flexibility index (Phi) is 5.56. The van der Waals surface area contributed by atoms with Crippen LogP contribution >= 0.6 is 11.6 Å². The molecule has 1 unspecified atom stereocenters. The van der Waals surface area contributed by atoms with Crippen molar-refractivity contribution in [2.24, 2.45) is 5.84 Å². The van der Waals surface area contributed by atoms with E-state index in [1.807, 2.05) is 0 Å². The molecule has 10 heteroatoms. The molecule has 1 aromatic carbocycles. The highest BCUT2D eigenvalue weighted by Gasteiger charge is 2.42. The SMILES string of the molecule is NN(C(=O)c1cccnc1)C(=O)C1CCCN1S(=O)(=O)c1ccc(Cl)cc1. The summed E-state index contributed by atoms with van der Waals surface area (Å²) in [5.41, 5.74) is 0.137. The summed E-state index contributed by atoms with van der Waals surface area (Å²) in [5, 5.41) is 0.857. The van der Waals surface area contributed by atoms with Crippen LogP contribution < -0.4 is 5.84 Å². The normalized spacial score (nSPS) is 17.6. The van der Waals surface area contributed by atoms with Crippen molar-refractivity contribution in [1.82, 2.24) is 14.3 Å². The fourth-order valence-corrected chi connectivity index (χ4v) is 4.68. The van der Waals surface area contributed by atoms with Crippen LogP contribution in [0.1, 0.15) is 23.2 Å². The van der Waals surface area contributed by atoms with Crippen molar-refractivity contribution in [1.29, 1.82) is 0 Å². The third-order valence-electron chi connectivity index (χ3n) is 4.27. The lowest BCUT2D eigenvalue weighted by Gasteiger charge is -2.26. The van der Waals surface area contributed by atoms with Gasteiger partial charge < -0.3 is 0 Å². The molecule has 2 N–H and O–H groups in total. The van der Waals surface area contributed by atoms with Gasteiger partial charge in [-0.1, -0.05) is 11.6 Å². The Hall–Kier alpha value is -2.33. The zero-order chi connectivity index (χ0) is 19.6. The number of hydrazine groups is 1.